The second-order valence-corrected chi connectivity index (χ2v) is 7.79. The van der Waals surface area contributed by atoms with Crippen molar-refractivity contribution in [2.24, 2.45) is 0 Å². The summed E-state index contributed by atoms with van der Waals surface area (Å²) in [5.74, 6) is 0. The maximum Gasteiger partial charge on any atom is 0.340 e. The molecule has 25 heavy (non-hydrogen) atoms. The molecule has 2 aliphatic carbocycles. The lowest BCUT2D eigenvalue weighted by Gasteiger charge is -2.68. The van der Waals surface area contributed by atoms with Gasteiger partial charge in [0.05, 0.1) is 0 Å². The fraction of sp³-hybridized carbons (Fsp3) is 0.538. The van der Waals surface area contributed by atoms with E-state index in [-0.39, 0.29) is 6.42 Å². The summed E-state index contributed by atoms with van der Waals surface area (Å²) in [4.78, 5) is 81.8. The molecule has 12 nitrogen and oxygen atoms in total. The van der Waals surface area contributed by atoms with Crippen molar-refractivity contribution in [2.75, 3.05) is 0 Å². The molecule has 0 aromatic rings. The van der Waals surface area contributed by atoms with Crippen molar-refractivity contribution in [3.8, 4) is 0 Å². The van der Waals surface area contributed by atoms with Gasteiger partial charge in [-0.3, -0.25) is 0 Å². The number of hydrogen-bond acceptors (Lipinski definition) is 6. The summed E-state index contributed by atoms with van der Waals surface area (Å²) < 4.78 is 0. The van der Waals surface area contributed by atoms with Crippen molar-refractivity contribution in [2.45, 2.75) is 41.7 Å². The Morgan fingerprint density at radius 1 is 0.480 bits per heavy atom. The zero-order chi connectivity index (χ0) is 17.0. The van der Waals surface area contributed by atoms with Gasteiger partial charge in [0, 0.05) is 6.42 Å². The van der Waals surface area contributed by atoms with Crippen molar-refractivity contribution in [1.82, 2.24) is 29.4 Å². The zero-order valence-electron chi connectivity index (χ0n) is 12.3. The first-order valence-electron chi connectivity index (χ1n) is 7.91. The van der Waals surface area contributed by atoms with Crippen LogP contribution in [0.1, 0.15) is 19.3 Å². The van der Waals surface area contributed by atoms with Crippen molar-refractivity contribution >= 4 is 36.2 Å². The van der Waals surface area contributed by atoms with Crippen LogP contribution in [0.3, 0.4) is 0 Å². The molecule has 6 heterocycles. The van der Waals surface area contributed by atoms with Gasteiger partial charge in [0.2, 0.25) is 11.3 Å². The molecule has 8 fully saturated rings. The van der Waals surface area contributed by atoms with Crippen LogP contribution in [-0.2, 0) is 0 Å². The number of rotatable bonds is 0. The lowest BCUT2D eigenvalue weighted by molar-refractivity contribution is -0.192. The Kier molecular flexibility index (Phi) is 1.04. The Morgan fingerprint density at radius 3 is 1.08 bits per heavy atom. The molecule has 0 aromatic heterocycles. The fourth-order valence-electron chi connectivity index (χ4n) is 7.51. The van der Waals surface area contributed by atoms with E-state index in [0.717, 1.165) is 29.4 Å². The number of carbonyl (C=O) groups excluding carboxylic acids is 6. The van der Waals surface area contributed by atoms with E-state index in [1.165, 1.54) is 0 Å². The fourth-order valence-corrected chi connectivity index (χ4v) is 7.51. The maximum absolute atomic E-state index is 12.7. The first kappa shape index (κ1) is 11.4. The second kappa shape index (κ2) is 2.29. The first-order valence-corrected chi connectivity index (χ1v) is 7.91. The lowest BCUT2D eigenvalue weighted by atomic mass is 9.68. The van der Waals surface area contributed by atoms with E-state index in [4.69, 9.17) is 0 Å². The Labute approximate surface area is 137 Å². The third-order valence-electron chi connectivity index (χ3n) is 7.77. The van der Waals surface area contributed by atoms with Crippen LogP contribution in [0.15, 0.2) is 0 Å². The monoisotopic (exact) mass is 342 g/mol. The van der Waals surface area contributed by atoms with Gasteiger partial charge in [0.1, 0.15) is 11.1 Å². The van der Waals surface area contributed by atoms with Crippen LogP contribution < -0.4 is 0 Å². The van der Waals surface area contributed by atoms with E-state index in [1.54, 1.807) is 0 Å². The highest BCUT2D eigenvalue weighted by atomic mass is 16.3. The van der Waals surface area contributed by atoms with Gasteiger partial charge >= 0.3 is 36.2 Å². The van der Waals surface area contributed by atoms with E-state index < -0.39 is 58.6 Å². The van der Waals surface area contributed by atoms with Crippen LogP contribution in [0.2, 0.25) is 0 Å². The van der Waals surface area contributed by atoms with Crippen LogP contribution >= 0.6 is 0 Å². The molecule has 6 bridgehead atoms. The van der Waals surface area contributed by atoms with E-state index in [9.17, 15) is 28.8 Å². The molecule has 0 radical (unpaired) electrons. The number of nitrogens with zero attached hydrogens (tertiary/aromatic N) is 6. The minimum atomic E-state index is -1.48. The van der Waals surface area contributed by atoms with Gasteiger partial charge in [-0.05, 0) is 12.8 Å². The molecular weight excluding hydrogens is 336 g/mol. The normalized spacial score (nSPS) is 51.4. The molecule has 4 spiro atoms. The molecular formula is C13H6N6O6. The third kappa shape index (κ3) is 0.505. The summed E-state index contributed by atoms with van der Waals surface area (Å²) in [5, 5.41) is 0. The lowest BCUT2D eigenvalue weighted by Crippen LogP contribution is -2.98. The van der Waals surface area contributed by atoms with Gasteiger partial charge < -0.3 is 0 Å². The van der Waals surface area contributed by atoms with Gasteiger partial charge in [-0.25, -0.2) is 58.2 Å². The van der Waals surface area contributed by atoms with Crippen LogP contribution in [0.4, 0.5) is 28.8 Å². The van der Waals surface area contributed by atoms with Crippen LogP contribution in [0.5, 0.6) is 0 Å². The second-order valence-electron chi connectivity index (χ2n) is 7.79. The van der Waals surface area contributed by atoms with Crippen LogP contribution in [-0.4, -0.2) is 88.0 Å². The highest BCUT2D eigenvalue weighted by Gasteiger charge is 3.11. The van der Waals surface area contributed by atoms with E-state index >= 15 is 0 Å². The Bertz CT molecular complexity index is 904. The molecule has 12 amide bonds. The van der Waals surface area contributed by atoms with Crippen molar-refractivity contribution < 1.29 is 28.8 Å². The SMILES string of the molecule is O=C1N2C(=O)N3C(=O)N1C31C23CCC2(C3)N3C(=O)N4C(=O)N(C3=O)C421. The van der Waals surface area contributed by atoms with E-state index in [2.05, 4.69) is 0 Å². The standard InChI is InChI=1S/C13H6N6O6/c20-4-14-5(21)17-8(24)16(4)12(17)10(14)1-2-11(3-10)13(12)18-6(22)15(11)7(23)19(13)9(18)25/h1-3H2. The number of imide groups is 6. The largest absolute Gasteiger partial charge is 0.340 e. The number of hydrogen-bond donors (Lipinski definition) is 0. The molecule has 2 unspecified atom stereocenters. The molecule has 8 aliphatic rings. The summed E-state index contributed by atoms with van der Waals surface area (Å²) in [5.41, 5.74) is -4.94. The summed E-state index contributed by atoms with van der Waals surface area (Å²) in [6.45, 7) is 0. The first-order chi connectivity index (χ1) is 11.9. The molecule has 0 aromatic carbocycles. The van der Waals surface area contributed by atoms with Crippen molar-refractivity contribution in [1.29, 1.82) is 0 Å². The van der Waals surface area contributed by atoms with Gasteiger partial charge in [0.25, 0.3) is 0 Å². The van der Waals surface area contributed by atoms with Crippen LogP contribution in [0, 0.1) is 0 Å². The molecule has 6 saturated heterocycles. The summed E-state index contributed by atoms with van der Waals surface area (Å²) >= 11 is 0. The van der Waals surface area contributed by atoms with Gasteiger partial charge in [0.15, 0.2) is 0 Å². The number of amides is 12. The smallest absolute Gasteiger partial charge is 0.247 e. The summed E-state index contributed by atoms with van der Waals surface area (Å²) in [7, 11) is 0. The maximum atomic E-state index is 12.7. The molecule has 2 saturated carbocycles. The predicted molar refractivity (Wildman–Crippen MR) is 68.2 cm³/mol. The average Bonchev–Trinajstić information content (AvgIpc) is 3.18. The summed E-state index contributed by atoms with van der Waals surface area (Å²) in [6.07, 6.45) is 0.981. The minimum absolute atomic E-state index is 0.204. The Balaban J connectivity index is 1.58. The number of urea groups is 6. The molecule has 124 valence electrons. The summed E-state index contributed by atoms with van der Waals surface area (Å²) in [6, 6.07) is -4.38. The predicted octanol–water partition coefficient (Wildman–Crippen LogP) is -0.332. The molecule has 2 atom stereocenters. The van der Waals surface area contributed by atoms with Crippen molar-refractivity contribution in [3.63, 3.8) is 0 Å². The zero-order valence-corrected chi connectivity index (χ0v) is 12.3. The molecule has 8 rings (SSSR count). The topological polar surface area (TPSA) is 122 Å². The molecule has 6 aliphatic heterocycles. The Morgan fingerprint density at radius 2 is 0.760 bits per heavy atom. The molecule has 0 N–H and O–H groups in total. The van der Waals surface area contributed by atoms with E-state index in [0.29, 0.717) is 12.8 Å². The Hall–Kier alpha value is -3.18. The van der Waals surface area contributed by atoms with Gasteiger partial charge in [-0.1, -0.05) is 0 Å². The highest BCUT2D eigenvalue weighted by Crippen LogP contribution is 2.84. The van der Waals surface area contributed by atoms with E-state index in [1.807, 2.05) is 0 Å². The average molecular weight is 342 g/mol. The number of carbonyl (C=O) groups is 6. The van der Waals surface area contributed by atoms with Crippen LogP contribution in [0.25, 0.3) is 0 Å². The quantitative estimate of drug-likeness (QED) is 0.594. The molecule has 12 heteroatoms. The highest BCUT2D eigenvalue weighted by molar-refractivity contribution is 6.28. The minimum Gasteiger partial charge on any atom is -0.247 e. The van der Waals surface area contributed by atoms with Gasteiger partial charge in [-0.15, -0.1) is 0 Å². The third-order valence-corrected chi connectivity index (χ3v) is 7.77. The van der Waals surface area contributed by atoms with Crippen molar-refractivity contribution in [3.05, 3.63) is 0 Å². The van der Waals surface area contributed by atoms with Gasteiger partial charge in [-0.2, -0.15) is 0 Å².